The van der Waals surface area contributed by atoms with E-state index in [4.69, 9.17) is 0 Å². The summed E-state index contributed by atoms with van der Waals surface area (Å²) in [5.74, 6) is 1.00. The maximum absolute atomic E-state index is 12.5. The van der Waals surface area contributed by atoms with Gasteiger partial charge in [-0.1, -0.05) is 12.1 Å². The van der Waals surface area contributed by atoms with Crippen molar-refractivity contribution in [1.82, 2.24) is 20.0 Å². The second kappa shape index (κ2) is 9.59. The third-order valence-corrected chi connectivity index (χ3v) is 4.83. The molecule has 1 aromatic carbocycles. The van der Waals surface area contributed by atoms with Crippen LogP contribution in [0.3, 0.4) is 0 Å². The predicted octanol–water partition coefficient (Wildman–Crippen LogP) is 2.68. The van der Waals surface area contributed by atoms with Crippen LogP contribution in [0.2, 0.25) is 0 Å². The van der Waals surface area contributed by atoms with Crippen molar-refractivity contribution in [1.29, 1.82) is 0 Å². The van der Waals surface area contributed by atoms with Crippen LogP contribution >= 0.6 is 12.4 Å². The van der Waals surface area contributed by atoms with Gasteiger partial charge in [-0.25, -0.2) is 4.68 Å². The summed E-state index contributed by atoms with van der Waals surface area (Å²) in [6.07, 6.45) is 7.64. The molecule has 136 valence electrons. The zero-order valence-electron chi connectivity index (χ0n) is 14.7. The molecule has 0 spiro atoms. The second-order valence-electron chi connectivity index (χ2n) is 6.51. The molecule has 0 bridgehead atoms. The Morgan fingerprint density at radius 2 is 1.96 bits per heavy atom. The van der Waals surface area contributed by atoms with Gasteiger partial charge in [0.1, 0.15) is 0 Å². The van der Waals surface area contributed by atoms with Crippen LogP contribution in [0.5, 0.6) is 0 Å². The van der Waals surface area contributed by atoms with E-state index in [2.05, 4.69) is 10.4 Å². The minimum atomic E-state index is 0. The average molecular weight is 363 g/mol. The van der Waals surface area contributed by atoms with Crippen molar-refractivity contribution in [2.45, 2.75) is 25.7 Å². The van der Waals surface area contributed by atoms with Gasteiger partial charge in [-0.05, 0) is 62.5 Å². The lowest BCUT2D eigenvalue weighted by molar-refractivity contribution is -0.131. The summed E-state index contributed by atoms with van der Waals surface area (Å²) < 4.78 is 1.82. The van der Waals surface area contributed by atoms with Crippen LogP contribution in [0.15, 0.2) is 42.7 Å². The summed E-state index contributed by atoms with van der Waals surface area (Å²) >= 11 is 0. The molecule has 1 amide bonds. The molecule has 0 radical (unpaired) electrons. The average Bonchev–Trinajstić information content (AvgIpc) is 3.15. The Balaban J connectivity index is 0.00000225. The number of amides is 1. The molecule has 1 N–H and O–H groups in total. The van der Waals surface area contributed by atoms with Crippen LogP contribution in [0.25, 0.3) is 5.69 Å². The zero-order valence-corrected chi connectivity index (χ0v) is 15.5. The standard InChI is InChI=1S/C19H26N4O.ClH/c1-20-11-7-16-8-13-22(14-9-16)19(24)15-17-3-5-18(6-4-17)23-12-2-10-21-23;/h2-6,10,12,16,20H,7-9,11,13-15H2,1H3;1H. The van der Waals surface area contributed by atoms with Crippen LogP contribution < -0.4 is 5.32 Å². The molecule has 2 heterocycles. The number of likely N-dealkylation sites (tertiary alicyclic amines) is 1. The molecular formula is C19H27ClN4O. The van der Waals surface area contributed by atoms with Gasteiger partial charge in [0.15, 0.2) is 0 Å². The van der Waals surface area contributed by atoms with Gasteiger partial charge >= 0.3 is 0 Å². The summed E-state index contributed by atoms with van der Waals surface area (Å²) in [5.41, 5.74) is 2.08. The van der Waals surface area contributed by atoms with Gasteiger partial charge in [0.25, 0.3) is 0 Å². The molecule has 1 saturated heterocycles. The third kappa shape index (κ3) is 5.31. The Bertz CT molecular complexity index is 634. The van der Waals surface area contributed by atoms with E-state index in [1.54, 1.807) is 6.20 Å². The monoisotopic (exact) mass is 362 g/mol. The Morgan fingerprint density at radius 3 is 2.56 bits per heavy atom. The number of carbonyl (C=O) groups is 1. The van der Waals surface area contributed by atoms with E-state index in [0.717, 1.165) is 49.6 Å². The van der Waals surface area contributed by atoms with Crippen LogP contribution in [-0.2, 0) is 11.2 Å². The first-order chi connectivity index (χ1) is 11.8. The number of hydrogen-bond acceptors (Lipinski definition) is 3. The van der Waals surface area contributed by atoms with Gasteiger partial charge in [-0.2, -0.15) is 5.10 Å². The number of benzene rings is 1. The number of piperidine rings is 1. The second-order valence-corrected chi connectivity index (χ2v) is 6.51. The maximum Gasteiger partial charge on any atom is 0.226 e. The van der Waals surface area contributed by atoms with Gasteiger partial charge in [-0.15, -0.1) is 12.4 Å². The molecule has 3 rings (SSSR count). The first-order valence-corrected chi connectivity index (χ1v) is 8.77. The fourth-order valence-electron chi connectivity index (χ4n) is 3.29. The van der Waals surface area contributed by atoms with Gasteiger partial charge in [0.05, 0.1) is 12.1 Å². The largest absolute Gasteiger partial charge is 0.342 e. The third-order valence-electron chi connectivity index (χ3n) is 4.83. The van der Waals surface area contributed by atoms with Crippen molar-refractivity contribution in [3.63, 3.8) is 0 Å². The number of rotatable bonds is 6. The van der Waals surface area contributed by atoms with Gasteiger partial charge < -0.3 is 10.2 Å². The molecule has 0 saturated carbocycles. The topological polar surface area (TPSA) is 50.2 Å². The van der Waals surface area contributed by atoms with Crippen molar-refractivity contribution >= 4 is 18.3 Å². The summed E-state index contributed by atoms with van der Waals surface area (Å²) in [6, 6.07) is 9.97. The Kier molecular flexibility index (Phi) is 7.47. The number of aromatic nitrogens is 2. The molecule has 2 aromatic rings. The lowest BCUT2D eigenvalue weighted by atomic mass is 9.93. The molecule has 0 atom stereocenters. The van der Waals surface area contributed by atoms with Gasteiger partial charge in [0.2, 0.25) is 5.91 Å². The molecule has 25 heavy (non-hydrogen) atoms. The van der Waals surface area contributed by atoms with Gasteiger partial charge in [-0.3, -0.25) is 4.79 Å². The Morgan fingerprint density at radius 1 is 1.24 bits per heavy atom. The molecule has 1 aromatic heterocycles. The quantitative estimate of drug-likeness (QED) is 0.859. The fraction of sp³-hybridized carbons (Fsp3) is 0.474. The van der Waals surface area contributed by atoms with Crippen molar-refractivity contribution in [2.24, 2.45) is 5.92 Å². The van der Waals surface area contributed by atoms with Crippen LogP contribution in [0, 0.1) is 5.92 Å². The molecule has 1 fully saturated rings. The van der Waals surface area contributed by atoms with E-state index in [9.17, 15) is 4.79 Å². The highest BCUT2D eigenvalue weighted by atomic mass is 35.5. The Hall–Kier alpha value is -1.85. The number of carbonyl (C=O) groups excluding carboxylic acids is 1. The number of halogens is 1. The minimum absolute atomic E-state index is 0. The van der Waals surface area contributed by atoms with Crippen LogP contribution in [0.4, 0.5) is 0 Å². The van der Waals surface area contributed by atoms with Crippen LogP contribution in [-0.4, -0.2) is 47.3 Å². The highest BCUT2D eigenvalue weighted by molar-refractivity contribution is 5.85. The van der Waals surface area contributed by atoms with Crippen molar-refractivity contribution < 1.29 is 4.79 Å². The highest BCUT2D eigenvalue weighted by Gasteiger charge is 2.22. The molecule has 0 aliphatic carbocycles. The molecule has 0 unspecified atom stereocenters. The molecule has 6 heteroatoms. The summed E-state index contributed by atoms with van der Waals surface area (Å²) in [4.78, 5) is 14.5. The fourth-order valence-corrected chi connectivity index (χ4v) is 3.29. The van der Waals surface area contributed by atoms with Gasteiger partial charge in [0, 0.05) is 25.5 Å². The van der Waals surface area contributed by atoms with E-state index in [0.29, 0.717) is 6.42 Å². The smallest absolute Gasteiger partial charge is 0.226 e. The molecule has 5 nitrogen and oxygen atoms in total. The van der Waals surface area contributed by atoms with Crippen molar-refractivity contribution in [3.05, 3.63) is 48.3 Å². The SMILES string of the molecule is CNCCC1CCN(C(=O)Cc2ccc(-n3cccn3)cc2)CC1.Cl. The van der Waals surface area contributed by atoms with E-state index in [1.807, 2.05) is 53.2 Å². The summed E-state index contributed by atoms with van der Waals surface area (Å²) in [6.45, 7) is 2.87. The minimum Gasteiger partial charge on any atom is -0.342 e. The lowest BCUT2D eigenvalue weighted by Gasteiger charge is -2.32. The first kappa shape index (κ1) is 19.5. The van der Waals surface area contributed by atoms with Crippen molar-refractivity contribution in [3.8, 4) is 5.69 Å². The number of hydrogen-bond donors (Lipinski definition) is 1. The lowest BCUT2D eigenvalue weighted by Crippen LogP contribution is -2.39. The van der Waals surface area contributed by atoms with Crippen molar-refractivity contribution in [2.75, 3.05) is 26.7 Å². The molecule has 1 aliphatic heterocycles. The van der Waals surface area contributed by atoms with E-state index < -0.39 is 0 Å². The zero-order chi connectivity index (χ0) is 16.8. The summed E-state index contributed by atoms with van der Waals surface area (Å²) in [7, 11) is 2.00. The first-order valence-electron chi connectivity index (χ1n) is 8.77. The molecular weight excluding hydrogens is 336 g/mol. The molecule has 1 aliphatic rings. The number of nitrogens with one attached hydrogen (secondary N) is 1. The Labute approximate surface area is 155 Å². The van der Waals surface area contributed by atoms with Crippen LogP contribution in [0.1, 0.15) is 24.8 Å². The normalized spacial score (nSPS) is 15.0. The summed E-state index contributed by atoms with van der Waals surface area (Å²) in [5, 5.41) is 7.43. The predicted molar refractivity (Wildman–Crippen MR) is 102 cm³/mol. The van der Waals surface area contributed by atoms with E-state index in [1.165, 1.54) is 6.42 Å². The number of nitrogens with zero attached hydrogens (tertiary/aromatic N) is 3. The maximum atomic E-state index is 12.5. The van der Waals surface area contributed by atoms with E-state index in [-0.39, 0.29) is 18.3 Å². The highest BCUT2D eigenvalue weighted by Crippen LogP contribution is 2.21. The van der Waals surface area contributed by atoms with E-state index >= 15 is 0 Å².